The summed E-state index contributed by atoms with van der Waals surface area (Å²) in [5, 5.41) is 0. The van der Waals surface area contributed by atoms with E-state index in [1.807, 2.05) is 0 Å². The highest BCUT2D eigenvalue weighted by Crippen LogP contribution is 2.09. The molecule has 0 aromatic carbocycles. The van der Waals surface area contributed by atoms with Crippen LogP contribution in [0.3, 0.4) is 0 Å². The number of likely N-dealkylation sites (N-methyl/N-ethyl adjacent to an activating group) is 1. The van der Waals surface area contributed by atoms with Gasteiger partial charge in [0.2, 0.25) is 0 Å². The molecule has 1 heterocycles. The summed E-state index contributed by atoms with van der Waals surface area (Å²) in [6.07, 6.45) is 4.44. The zero-order valence-corrected chi connectivity index (χ0v) is 10.3. The minimum atomic E-state index is 0.466. The Kier molecular flexibility index (Phi) is 4.98. The summed E-state index contributed by atoms with van der Waals surface area (Å²) in [6, 6.07) is 0. The third-order valence-corrected chi connectivity index (χ3v) is 2.29. The van der Waals surface area contributed by atoms with Gasteiger partial charge in [0.15, 0.2) is 0 Å². The SMILES string of the molecule is CCCN(CCN(C)C)c1cnc(N)cn1. The Morgan fingerprint density at radius 1 is 1.12 bits per heavy atom. The summed E-state index contributed by atoms with van der Waals surface area (Å²) in [4.78, 5) is 12.8. The van der Waals surface area contributed by atoms with E-state index in [0.29, 0.717) is 5.82 Å². The molecule has 0 spiro atoms. The fourth-order valence-electron chi connectivity index (χ4n) is 1.43. The van der Waals surface area contributed by atoms with Gasteiger partial charge < -0.3 is 15.5 Å². The van der Waals surface area contributed by atoms with Crippen molar-refractivity contribution in [2.45, 2.75) is 13.3 Å². The molecule has 0 saturated carbocycles. The number of nitrogens with two attached hydrogens (primary N) is 1. The zero-order chi connectivity index (χ0) is 12.0. The summed E-state index contributed by atoms with van der Waals surface area (Å²) in [5.74, 6) is 1.37. The van der Waals surface area contributed by atoms with E-state index in [-0.39, 0.29) is 0 Å². The van der Waals surface area contributed by atoms with Crippen LogP contribution in [0.25, 0.3) is 0 Å². The van der Waals surface area contributed by atoms with Gasteiger partial charge in [-0.1, -0.05) is 6.92 Å². The molecule has 0 atom stereocenters. The fraction of sp³-hybridized carbons (Fsp3) is 0.636. The number of nitrogens with zero attached hydrogens (tertiary/aromatic N) is 4. The molecule has 0 amide bonds. The van der Waals surface area contributed by atoms with Crippen LogP contribution in [0.1, 0.15) is 13.3 Å². The quantitative estimate of drug-likeness (QED) is 0.774. The molecule has 0 fully saturated rings. The van der Waals surface area contributed by atoms with Crippen molar-refractivity contribution >= 4 is 11.6 Å². The molecule has 2 N–H and O–H groups in total. The van der Waals surface area contributed by atoms with Crippen molar-refractivity contribution in [3.63, 3.8) is 0 Å². The minimum Gasteiger partial charge on any atom is -0.382 e. The smallest absolute Gasteiger partial charge is 0.147 e. The van der Waals surface area contributed by atoms with Crippen LogP contribution in [-0.2, 0) is 0 Å². The van der Waals surface area contributed by atoms with Gasteiger partial charge in [-0.3, -0.25) is 0 Å². The van der Waals surface area contributed by atoms with Crippen molar-refractivity contribution < 1.29 is 0 Å². The second-order valence-corrected chi connectivity index (χ2v) is 4.09. The first-order valence-corrected chi connectivity index (χ1v) is 5.60. The molecule has 16 heavy (non-hydrogen) atoms. The number of rotatable bonds is 6. The molecule has 0 radical (unpaired) electrons. The molecule has 0 saturated heterocycles. The number of hydrogen-bond donors (Lipinski definition) is 1. The van der Waals surface area contributed by atoms with Gasteiger partial charge in [0.1, 0.15) is 11.6 Å². The molecular formula is C11H21N5. The van der Waals surface area contributed by atoms with Crippen molar-refractivity contribution in [3.05, 3.63) is 12.4 Å². The molecule has 5 heteroatoms. The predicted octanol–water partition coefficient (Wildman–Crippen LogP) is 0.837. The van der Waals surface area contributed by atoms with E-state index < -0.39 is 0 Å². The van der Waals surface area contributed by atoms with Gasteiger partial charge in [0.25, 0.3) is 0 Å². The van der Waals surface area contributed by atoms with Crippen LogP contribution in [0.4, 0.5) is 11.6 Å². The van der Waals surface area contributed by atoms with E-state index in [2.05, 4.69) is 40.8 Å². The van der Waals surface area contributed by atoms with E-state index in [1.165, 1.54) is 0 Å². The summed E-state index contributed by atoms with van der Waals surface area (Å²) in [6.45, 7) is 5.12. The molecule has 0 aliphatic heterocycles. The highest BCUT2D eigenvalue weighted by molar-refractivity contribution is 5.39. The highest BCUT2D eigenvalue weighted by Gasteiger charge is 2.07. The second-order valence-electron chi connectivity index (χ2n) is 4.09. The van der Waals surface area contributed by atoms with Gasteiger partial charge in [-0.25, -0.2) is 9.97 Å². The summed E-state index contributed by atoms with van der Waals surface area (Å²) in [5.41, 5.74) is 5.52. The lowest BCUT2D eigenvalue weighted by atomic mass is 10.4. The van der Waals surface area contributed by atoms with E-state index >= 15 is 0 Å². The normalized spacial score (nSPS) is 10.8. The lowest BCUT2D eigenvalue weighted by Crippen LogP contribution is -2.33. The van der Waals surface area contributed by atoms with Crippen LogP contribution in [0, 0.1) is 0 Å². The van der Waals surface area contributed by atoms with Crippen LogP contribution in [0.15, 0.2) is 12.4 Å². The Bertz CT molecular complexity index is 296. The van der Waals surface area contributed by atoms with Gasteiger partial charge >= 0.3 is 0 Å². The van der Waals surface area contributed by atoms with Crippen molar-refractivity contribution in [1.29, 1.82) is 0 Å². The van der Waals surface area contributed by atoms with Crippen LogP contribution in [-0.4, -0.2) is 48.6 Å². The second kappa shape index (κ2) is 6.27. The average Bonchev–Trinajstić information content (AvgIpc) is 2.25. The maximum absolute atomic E-state index is 5.52. The predicted molar refractivity (Wildman–Crippen MR) is 67.5 cm³/mol. The van der Waals surface area contributed by atoms with Gasteiger partial charge in [0, 0.05) is 19.6 Å². The third-order valence-electron chi connectivity index (χ3n) is 2.29. The lowest BCUT2D eigenvalue weighted by Gasteiger charge is -2.24. The monoisotopic (exact) mass is 223 g/mol. The lowest BCUT2D eigenvalue weighted by molar-refractivity contribution is 0.412. The Labute approximate surface area is 97.3 Å². The van der Waals surface area contributed by atoms with Crippen LogP contribution in [0.5, 0.6) is 0 Å². The van der Waals surface area contributed by atoms with Gasteiger partial charge in [-0.2, -0.15) is 0 Å². The fourth-order valence-corrected chi connectivity index (χ4v) is 1.43. The summed E-state index contributed by atoms with van der Waals surface area (Å²) in [7, 11) is 4.14. The Hall–Kier alpha value is -1.36. The standard InChI is InChI=1S/C11H21N5/c1-4-5-16(7-6-15(2)3)11-9-13-10(12)8-14-11/h8-9H,4-7H2,1-3H3,(H2,12,13). The number of nitrogen functional groups attached to an aromatic ring is 1. The van der Waals surface area contributed by atoms with Crippen molar-refractivity contribution in [3.8, 4) is 0 Å². The molecular weight excluding hydrogens is 202 g/mol. The zero-order valence-electron chi connectivity index (χ0n) is 10.3. The molecule has 90 valence electrons. The van der Waals surface area contributed by atoms with Crippen LogP contribution < -0.4 is 10.6 Å². The Morgan fingerprint density at radius 3 is 2.38 bits per heavy atom. The van der Waals surface area contributed by atoms with Crippen LogP contribution in [0.2, 0.25) is 0 Å². The van der Waals surface area contributed by atoms with Crippen molar-refractivity contribution in [2.75, 3.05) is 44.4 Å². The summed E-state index contributed by atoms with van der Waals surface area (Å²) < 4.78 is 0. The topological polar surface area (TPSA) is 58.3 Å². The maximum atomic E-state index is 5.52. The molecule has 0 bridgehead atoms. The van der Waals surface area contributed by atoms with Gasteiger partial charge in [-0.05, 0) is 20.5 Å². The van der Waals surface area contributed by atoms with Crippen LogP contribution >= 0.6 is 0 Å². The molecule has 1 aromatic rings. The van der Waals surface area contributed by atoms with E-state index in [4.69, 9.17) is 5.73 Å². The van der Waals surface area contributed by atoms with Gasteiger partial charge in [-0.15, -0.1) is 0 Å². The number of anilines is 2. The number of hydrogen-bond acceptors (Lipinski definition) is 5. The Balaban J connectivity index is 2.64. The van der Waals surface area contributed by atoms with Crippen molar-refractivity contribution in [2.24, 2.45) is 0 Å². The molecule has 5 nitrogen and oxygen atoms in total. The minimum absolute atomic E-state index is 0.466. The number of aromatic nitrogens is 2. The molecule has 0 aliphatic carbocycles. The first-order valence-electron chi connectivity index (χ1n) is 5.60. The average molecular weight is 223 g/mol. The van der Waals surface area contributed by atoms with Gasteiger partial charge in [0.05, 0.1) is 12.4 Å². The van der Waals surface area contributed by atoms with Crippen molar-refractivity contribution in [1.82, 2.24) is 14.9 Å². The largest absolute Gasteiger partial charge is 0.382 e. The van der Waals surface area contributed by atoms with E-state index in [9.17, 15) is 0 Å². The van der Waals surface area contributed by atoms with E-state index in [1.54, 1.807) is 12.4 Å². The molecule has 1 rings (SSSR count). The maximum Gasteiger partial charge on any atom is 0.147 e. The molecule has 0 aliphatic rings. The summed E-state index contributed by atoms with van der Waals surface area (Å²) >= 11 is 0. The third kappa shape index (κ3) is 4.02. The van der Waals surface area contributed by atoms with E-state index in [0.717, 1.165) is 31.9 Å². The highest BCUT2D eigenvalue weighted by atomic mass is 15.2. The molecule has 1 aromatic heterocycles. The first-order chi connectivity index (χ1) is 7.63. The first kappa shape index (κ1) is 12.7. The molecule has 0 unspecified atom stereocenters. The Morgan fingerprint density at radius 2 is 1.88 bits per heavy atom.